The van der Waals surface area contributed by atoms with Crippen molar-refractivity contribution >= 4 is 0 Å². The van der Waals surface area contributed by atoms with E-state index in [-0.39, 0.29) is 5.41 Å². The van der Waals surface area contributed by atoms with Gasteiger partial charge in [-0.15, -0.1) is 0 Å². The molecule has 0 bridgehead atoms. The van der Waals surface area contributed by atoms with E-state index in [4.69, 9.17) is 5.11 Å². The molecule has 2 N–H and O–H groups in total. The molecule has 14 heavy (non-hydrogen) atoms. The second kappa shape index (κ2) is 7.24. The highest BCUT2D eigenvalue weighted by Crippen LogP contribution is 2.29. The topological polar surface area (TPSA) is 40.5 Å². The van der Waals surface area contributed by atoms with Crippen molar-refractivity contribution in [3.05, 3.63) is 0 Å². The van der Waals surface area contributed by atoms with E-state index >= 15 is 0 Å². The highest BCUT2D eigenvalue weighted by atomic mass is 16.3. The number of aliphatic hydroxyl groups excluding tert-OH is 2. The Bertz CT molecular complexity index is 127. The smallest absolute Gasteiger partial charge is 0.0464 e. The van der Waals surface area contributed by atoms with E-state index in [0.717, 1.165) is 19.3 Å². The predicted molar refractivity (Wildman–Crippen MR) is 60.2 cm³/mol. The molecule has 0 saturated heterocycles. The first-order chi connectivity index (χ1) is 6.52. The van der Waals surface area contributed by atoms with Crippen LogP contribution in [0.1, 0.15) is 52.9 Å². The van der Waals surface area contributed by atoms with Gasteiger partial charge in [0, 0.05) is 13.2 Å². The number of aliphatic hydroxyl groups is 2. The minimum atomic E-state index is 0.214. The van der Waals surface area contributed by atoms with Crippen LogP contribution in [-0.2, 0) is 0 Å². The summed E-state index contributed by atoms with van der Waals surface area (Å²) in [6.07, 6.45) is 5.47. The average Bonchev–Trinajstić information content (AvgIpc) is 2.09. The minimum Gasteiger partial charge on any atom is -0.396 e. The van der Waals surface area contributed by atoms with Crippen molar-refractivity contribution in [2.45, 2.75) is 52.9 Å². The molecule has 0 aromatic heterocycles. The van der Waals surface area contributed by atoms with Gasteiger partial charge >= 0.3 is 0 Å². The Kier molecular flexibility index (Phi) is 7.20. The second-order valence-electron chi connectivity index (χ2n) is 5.17. The summed E-state index contributed by atoms with van der Waals surface area (Å²) in [7, 11) is 0. The van der Waals surface area contributed by atoms with Gasteiger partial charge in [0.25, 0.3) is 0 Å². The fourth-order valence-electron chi connectivity index (χ4n) is 1.65. The molecule has 1 unspecified atom stereocenters. The number of unbranched alkanes of at least 4 members (excludes halogenated alkanes) is 3. The maximum Gasteiger partial charge on any atom is 0.0464 e. The SMILES string of the molecule is CC(C)(C)C(CO)CCCCCCO. The first-order valence-electron chi connectivity index (χ1n) is 5.74. The van der Waals surface area contributed by atoms with Crippen molar-refractivity contribution in [3.63, 3.8) is 0 Å². The Morgan fingerprint density at radius 2 is 1.50 bits per heavy atom. The van der Waals surface area contributed by atoms with E-state index in [1.165, 1.54) is 12.8 Å². The van der Waals surface area contributed by atoms with Crippen LogP contribution in [0.3, 0.4) is 0 Å². The molecule has 2 heteroatoms. The third-order valence-electron chi connectivity index (χ3n) is 2.91. The Labute approximate surface area is 88.3 Å². The molecule has 0 aliphatic rings. The van der Waals surface area contributed by atoms with Crippen LogP contribution in [0, 0.1) is 11.3 Å². The Morgan fingerprint density at radius 3 is 1.93 bits per heavy atom. The van der Waals surface area contributed by atoms with Crippen LogP contribution in [0.2, 0.25) is 0 Å². The summed E-state index contributed by atoms with van der Waals surface area (Å²) in [5.74, 6) is 0.414. The van der Waals surface area contributed by atoms with E-state index in [0.29, 0.717) is 19.1 Å². The lowest BCUT2D eigenvalue weighted by molar-refractivity contribution is 0.120. The molecule has 0 rings (SSSR count). The second-order valence-corrected chi connectivity index (χ2v) is 5.17. The molecule has 1 atom stereocenters. The lowest BCUT2D eigenvalue weighted by atomic mass is 9.78. The van der Waals surface area contributed by atoms with Crippen LogP contribution in [-0.4, -0.2) is 23.4 Å². The van der Waals surface area contributed by atoms with Crippen LogP contribution in [0.15, 0.2) is 0 Å². The lowest BCUT2D eigenvalue weighted by Crippen LogP contribution is -2.23. The predicted octanol–water partition coefficient (Wildman–Crippen LogP) is 2.58. The molecule has 0 aliphatic heterocycles. The summed E-state index contributed by atoms with van der Waals surface area (Å²) < 4.78 is 0. The van der Waals surface area contributed by atoms with Crippen molar-refractivity contribution in [3.8, 4) is 0 Å². The molecule has 86 valence electrons. The minimum absolute atomic E-state index is 0.214. The number of rotatable bonds is 7. The van der Waals surface area contributed by atoms with Crippen LogP contribution in [0.5, 0.6) is 0 Å². The van der Waals surface area contributed by atoms with Gasteiger partial charge < -0.3 is 10.2 Å². The van der Waals surface area contributed by atoms with Crippen LogP contribution in [0.25, 0.3) is 0 Å². The van der Waals surface area contributed by atoms with E-state index < -0.39 is 0 Å². The lowest BCUT2D eigenvalue weighted by Gasteiger charge is -2.29. The van der Waals surface area contributed by atoms with Gasteiger partial charge in [-0.1, -0.05) is 40.0 Å². The van der Waals surface area contributed by atoms with Gasteiger partial charge in [-0.2, -0.15) is 0 Å². The van der Waals surface area contributed by atoms with E-state index in [9.17, 15) is 5.11 Å². The van der Waals surface area contributed by atoms with Gasteiger partial charge in [-0.3, -0.25) is 0 Å². The summed E-state index contributed by atoms with van der Waals surface area (Å²) in [5, 5.41) is 17.8. The molecule has 0 aromatic rings. The molecule has 0 saturated carbocycles. The highest BCUT2D eigenvalue weighted by molar-refractivity contribution is 4.73. The first-order valence-corrected chi connectivity index (χ1v) is 5.74. The summed E-state index contributed by atoms with van der Waals surface area (Å²) in [6.45, 7) is 7.15. The van der Waals surface area contributed by atoms with Gasteiger partial charge in [-0.25, -0.2) is 0 Å². The standard InChI is InChI=1S/C12H26O2/c1-12(2,3)11(10-14)8-6-4-5-7-9-13/h11,13-14H,4-10H2,1-3H3. The van der Waals surface area contributed by atoms with Crippen molar-refractivity contribution < 1.29 is 10.2 Å². The number of hydrogen-bond acceptors (Lipinski definition) is 2. The Balaban J connectivity index is 3.54. The molecular formula is C12H26O2. The maximum atomic E-state index is 9.22. The molecule has 2 nitrogen and oxygen atoms in total. The van der Waals surface area contributed by atoms with Crippen LogP contribution >= 0.6 is 0 Å². The fourth-order valence-corrected chi connectivity index (χ4v) is 1.65. The largest absolute Gasteiger partial charge is 0.396 e. The van der Waals surface area contributed by atoms with Gasteiger partial charge in [0.2, 0.25) is 0 Å². The van der Waals surface area contributed by atoms with Crippen molar-refractivity contribution in [2.75, 3.05) is 13.2 Å². The van der Waals surface area contributed by atoms with Gasteiger partial charge in [0.15, 0.2) is 0 Å². The van der Waals surface area contributed by atoms with Gasteiger partial charge in [-0.05, 0) is 24.2 Å². The molecule has 0 radical (unpaired) electrons. The summed E-state index contributed by atoms with van der Waals surface area (Å²) >= 11 is 0. The van der Waals surface area contributed by atoms with Gasteiger partial charge in [0.1, 0.15) is 0 Å². The Hall–Kier alpha value is -0.0800. The average molecular weight is 202 g/mol. The van der Waals surface area contributed by atoms with Crippen molar-refractivity contribution in [1.29, 1.82) is 0 Å². The fraction of sp³-hybridized carbons (Fsp3) is 1.00. The molecule has 0 aromatic carbocycles. The van der Waals surface area contributed by atoms with E-state index in [1.807, 2.05) is 0 Å². The maximum absolute atomic E-state index is 9.22. The summed E-state index contributed by atoms with van der Waals surface area (Å²) in [6, 6.07) is 0. The molecule has 0 amide bonds. The third kappa shape index (κ3) is 6.39. The summed E-state index contributed by atoms with van der Waals surface area (Å²) in [4.78, 5) is 0. The summed E-state index contributed by atoms with van der Waals surface area (Å²) in [5.41, 5.74) is 0.214. The van der Waals surface area contributed by atoms with Crippen molar-refractivity contribution in [1.82, 2.24) is 0 Å². The van der Waals surface area contributed by atoms with Crippen LogP contribution in [0.4, 0.5) is 0 Å². The molecule has 0 heterocycles. The van der Waals surface area contributed by atoms with Crippen LogP contribution < -0.4 is 0 Å². The quantitative estimate of drug-likeness (QED) is 0.623. The number of hydrogen-bond donors (Lipinski definition) is 2. The molecule has 0 aliphatic carbocycles. The van der Waals surface area contributed by atoms with E-state index in [2.05, 4.69) is 20.8 Å². The monoisotopic (exact) mass is 202 g/mol. The zero-order valence-corrected chi connectivity index (χ0v) is 9.92. The normalized spacial score (nSPS) is 14.4. The first kappa shape index (κ1) is 13.9. The molecule has 0 spiro atoms. The van der Waals surface area contributed by atoms with E-state index in [1.54, 1.807) is 0 Å². The third-order valence-corrected chi connectivity index (χ3v) is 2.91. The molecular weight excluding hydrogens is 176 g/mol. The van der Waals surface area contributed by atoms with Gasteiger partial charge in [0.05, 0.1) is 0 Å². The Morgan fingerprint density at radius 1 is 0.929 bits per heavy atom. The highest BCUT2D eigenvalue weighted by Gasteiger charge is 2.22. The zero-order valence-electron chi connectivity index (χ0n) is 9.92. The zero-order chi connectivity index (χ0) is 11.0. The molecule has 0 fully saturated rings. The van der Waals surface area contributed by atoms with Crippen molar-refractivity contribution in [2.24, 2.45) is 11.3 Å².